The van der Waals surface area contributed by atoms with Crippen molar-refractivity contribution in [3.63, 3.8) is 0 Å². The molecule has 0 aromatic heterocycles. The first-order chi connectivity index (χ1) is 11.8. The van der Waals surface area contributed by atoms with Gasteiger partial charge in [0.25, 0.3) is 0 Å². The normalized spacial score (nSPS) is 26.6. The Morgan fingerprint density at radius 1 is 0.792 bits per heavy atom. The summed E-state index contributed by atoms with van der Waals surface area (Å²) in [6, 6.07) is 19.4. The van der Waals surface area contributed by atoms with Crippen LogP contribution in [0, 0.1) is 0 Å². The van der Waals surface area contributed by atoms with Gasteiger partial charge in [-0.25, -0.2) is 0 Å². The molecular weight excluding hydrogens is 308 g/mol. The van der Waals surface area contributed by atoms with Crippen LogP contribution in [0.3, 0.4) is 0 Å². The lowest BCUT2D eigenvalue weighted by Crippen LogP contribution is -2.38. The predicted molar refractivity (Wildman–Crippen MR) is 88.0 cm³/mol. The third-order valence-corrected chi connectivity index (χ3v) is 4.04. The van der Waals surface area contributed by atoms with E-state index >= 15 is 0 Å². The molecule has 1 heterocycles. The lowest BCUT2D eigenvalue weighted by Gasteiger charge is -2.23. The predicted octanol–water partition coefficient (Wildman–Crippen LogP) is 1.87. The highest BCUT2D eigenvalue weighted by Gasteiger charge is 2.45. The van der Waals surface area contributed by atoms with Crippen LogP contribution >= 0.6 is 0 Å². The molecule has 128 valence electrons. The van der Waals surface area contributed by atoms with Gasteiger partial charge >= 0.3 is 0 Å². The third kappa shape index (κ3) is 4.20. The maximum Gasteiger partial charge on any atom is 0.184 e. The molecule has 0 radical (unpaired) electrons. The van der Waals surface area contributed by atoms with Gasteiger partial charge in [-0.1, -0.05) is 60.7 Å². The minimum atomic E-state index is -1.12. The second-order valence-electron chi connectivity index (χ2n) is 5.77. The molecule has 2 aromatic rings. The fourth-order valence-electron chi connectivity index (χ4n) is 2.77. The molecule has 24 heavy (non-hydrogen) atoms. The number of benzene rings is 2. The summed E-state index contributed by atoms with van der Waals surface area (Å²) in [6.07, 6.45) is -2.91. The molecule has 1 aliphatic rings. The van der Waals surface area contributed by atoms with E-state index in [9.17, 15) is 10.2 Å². The van der Waals surface area contributed by atoms with E-state index in [1.54, 1.807) is 0 Å². The van der Waals surface area contributed by atoms with E-state index < -0.39 is 24.6 Å². The fraction of sp³-hybridized carbons (Fsp3) is 0.368. The number of aliphatic hydroxyl groups is 2. The molecule has 0 saturated carbocycles. The summed E-state index contributed by atoms with van der Waals surface area (Å²) in [7, 11) is 0. The van der Waals surface area contributed by atoms with Crippen LogP contribution in [0.15, 0.2) is 60.7 Å². The summed E-state index contributed by atoms with van der Waals surface area (Å²) in [5.74, 6) is 0. The molecule has 1 saturated heterocycles. The van der Waals surface area contributed by atoms with Gasteiger partial charge in [-0.05, 0) is 11.1 Å². The van der Waals surface area contributed by atoms with E-state index in [1.807, 2.05) is 60.7 Å². The van der Waals surface area contributed by atoms with Crippen LogP contribution < -0.4 is 0 Å². The molecule has 5 heteroatoms. The van der Waals surface area contributed by atoms with Crippen molar-refractivity contribution in [3.05, 3.63) is 71.8 Å². The highest BCUT2D eigenvalue weighted by molar-refractivity contribution is 5.14. The van der Waals surface area contributed by atoms with Crippen LogP contribution in [0.1, 0.15) is 11.1 Å². The zero-order valence-corrected chi connectivity index (χ0v) is 13.3. The second kappa shape index (κ2) is 8.37. The molecule has 0 spiro atoms. The minimum absolute atomic E-state index is 0.234. The Balaban J connectivity index is 1.63. The molecule has 1 fully saturated rings. The molecule has 1 aliphatic heterocycles. The van der Waals surface area contributed by atoms with Gasteiger partial charge in [0.15, 0.2) is 6.29 Å². The number of ether oxygens (including phenoxy) is 3. The van der Waals surface area contributed by atoms with Crippen molar-refractivity contribution in [2.24, 2.45) is 0 Å². The van der Waals surface area contributed by atoms with Crippen LogP contribution in [0.2, 0.25) is 0 Å². The lowest BCUT2D eigenvalue weighted by atomic mass is 10.1. The van der Waals surface area contributed by atoms with Crippen molar-refractivity contribution in [3.8, 4) is 0 Å². The summed E-state index contributed by atoms with van der Waals surface area (Å²) in [5, 5.41) is 19.6. The number of hydrogen-bond donors (Lipinski definition) is 2. The van der Waals surface area contributed by atoms with Crippen LogP contribution in [0.4, 0.5) is 0 Å². The number of aliphatic hydroxyl groups excluding tert-OH is 2. The first-order valence-electron chi connectivity index (χ1n) is 8.03. The number of hydrogen-bond acceptors (Lipinski definition) is 5. The summed E-state index contributed by atoms with van der Waals surface area (Å²) in [6.45, 7) is 0.472. The van der Waals surface area contributed by atoms with Gasteiger partial charge in [0.2, 0.25) is 0 Å². The zero-order valence-electron chi connectivity index (χ0n) is 13.3. The van der Waals surface area contributed by atoms with Crippen LogP contribution in [0.5, 0.6) is 0 Å². The van der Waals surface area contributed by atoms with Gasteiger partial charge in [0.05, 0.1) is 19.8 Å². The highest BCUT2D eigenvalue weighted by Crippen LogP contribution is 2.27. The Hall–Kier alpha value is -1.76. The maximum atomic E-state index is 10.1. The highest BCUT2D eigenvalue weighted by atomic mass is 16.7. The molecule has 0 amide bonds. The Bertz CT molecular complexity index is 604. The van der Waals surface area contributed by atoms with Crippen molar-refractivity contribution >= 4 is 0 Å². The standard InChI is InChI=1S/C19H22O5/c20-11-16-17(22-12-14-7-3-1-4-8-14)18(19(21)24-16)23-13-15-9-5-2-6-10-15/h1-10,16-21H,11-13H2/t16-,17+,18+,19+/m1/s1. The van der Waals surface area contributed by atoms with Crippen molar-refractivity contribution in [1.29, 1.82) is 0 Å². The third-order valence-electron chi connectivity index (χ3n) is 4.04. The average molecular weight is 330 g/mol. The number of rotatable bonds is 7. The molecule has 2 N–H and O–H groups in total. The quantitative estimate of drug-likeness (QED) is 0.811. The summed E-state index contributed by atoms with van der Waals surface area (Å²) in [5.41, 5.74) is 2.01. The molecule has 0 unspecified atom stereocenters. The van der Waals surface area contributed by atoms with E-state index in [1.165, 1.54) is 0 Å². The van der Waals surface area contributed by atoms with E-state index in [-0.39, 0.29) is 6.61 Å². The van der Waals surface area contributed by atoms with Crippen LogP contribution in [-0.4, -0.2) is 41.4 Å². The summed E-state index contributed by atoms with van der Waals surface area (Å²) >= 11 is 0. The topological polar surface area (TPSA) is 68.2 Å². The summed E-state index contributed by atoms with van der Waals surface area (Å²) in [4.78, 5) is 0. The zero-order chi connectivity index (χ0) is 16.8. The summed E-state index contributed by atoms with van der Waals surface area (Å²) < 4.78 is 17.1. The fourth-order valence-corrected chi connectivity index (χ4v) is 2.77. The van der Waals surface area contributed by atoms with E-state index in [4.69, 9.17) is 14.2 Å². The molecule has 0 aliphatic carbocycles. The van der Waals surface area contributed by atoms with E-state index in [0.717, 1.165) is 11.1 Å². The molecule has 3 rings (SSSR count). The van der Waals surface area contributed by atoms with Gasteiger partial charge in [0.1, 0.15) is 18.3 Å². The van der Waals surface area contributed by atoms with Gasteiger partial charge in [-0.15, -0.1) is 0 Å². The monoisotopic (exact) mass is 330 g/mol. The van der Waals surface area contributed by atoms with Gasteiger partial charge < -0.3 is 24.4 Å². The SMILES string of the molecule is OC[C@H]1O[C@H](O)[C@@H](OCc2ccccc2)[C@H]1OCc1ccccc1. The van der Waals surface area contributed by atoms with Crippen LogP contribution in [-0.2, 0) is 27.4 Å². The van der Waals surface area contributed by atoms with Gasteiger partial charge in [-0.2, -0.15) is 0 Å². The smallest absolute Gasteiger partial charge is 0.184 e. The molecule has 5 nitrogen and oxygen atoms in total. The molecule has 4 atom stereocenters. The molecule has 0 bridgehead atoms. The lowest BCUT2D eigenvalue weighted by molar-refractivity contribution is -0.151. The first-order valence-corrected chi connectivity index (χ1v) is 8.03. The Morgan fingerprint density at radius 3 is 1.79 bits per heavy atom. The maximum absolute atomic E-state index is 10.1. The Morgan fingerprint density at radius 2 is 1.29 bits per heavy atom. The van der Waals surface area contributed by atoms with Gasteiger partial charge in [-0.3, -0.25) is 0 Å². The van der Waals surface area contributed by atoms with E-state index in [0.29, 0.717) is 13.2 Å². The van der Waals surface area contributed by atoms with Gasteiger partial charge in [0, 0.05) is 0 Å². The first kappa shape index (κ1) is 17.1. The van der Waals surface area contributed by atoms with Crippen molar-refractivity contribution < 1.29 is 24.4 Å². The van der Waals surface area contributed by atoms with Crippen molar-refractivity contribution in [1.82, 2.24) is 0 Å². The van der Waals surface area contributed by atoms with E-state index in [2.05, 4.69) is 0 Å². The Labute approximate surface area is 141 Å². The van der Waals surface area contributed by atoms with Crippen molar-refractivity contribution in [2.45, 2.75) is 37.8 Å². The average Bonchev–Trinajstić information content (AvgIpc) is 2.94. The largest absolute Gasteiger partial charge is 0.394 e. The Kier molecular flexibility index (Phi) is 5.96. The van der Waals surface area contributed by atoms with Crippen LogP contribution in [0.25, 0.3) is 0 Å². The second-order valence-corrected chi connectivity index (χ2v) is 5.77. The molecule has 2 aromatic carbocycles. The van der Waals surface area contributed by atoms with Crippen molar-refractivity contribution in [2.75, 3.05) is 6.61 Å². The minimum Gasteiger partial charge on any atom is -0.394 e. The molecular formula is C19H22O5.